The predicted molar refractivity (Wildman–Crippen MR) is 588 cm³/mol. The number of carbonyl (C=O) groups excluding carboxylic acids is 5. The molecule has 776 valence electrons. The van der Waals surface area contributed by atoms with Gasteiger partial charge in [0, 0.05) is 126 Å². The van der Waals surface area contributed by atoms with E-state index in [0.717, 1.165) is 87.9 Å². The molecule has 15 rings (SSSR count). The number of hydrogen-bond acceptors (Lipinski definition) is 16. The Kier molecular flexibility index (Phi) is 46.8. The summed E-state index contributed by atoms with van der Waals surface area (Å²) >= 11 is 13.8. The number of primary amides is 1. The first kappa shape index (κ1) is 123. The Morgan fingerprint density at radius 3 is 0.797 bits per heavy atom. The van der Waals surface area contributed by atoms with Crippen molar-refractivity contribution >= 4 is 141 Å². The van der Waals surface area contributed by atoms with E-state index < -0.39 is 40.5 Å². The minimum Gasteiger partial charge on any atom is -0.870 e. The van der Waals surface area contributed by atoms with Crippen molar-refractivity contribution in [1.82, 2.24) is 28.2 Å². The number of para-hydroxylation sites is 5. The van der Waals surface area contributed by atoms with Crippen molar-refractivity contribution in [3.63, 3.8) is 0 Å². The number of benzene rings is 10. The third-order valence-corrected chi connectivity index (χ3v) is 24.0. The summed E-state index contributed by atoms with van der Waals surface area (Å²) in [5, 5.41) is 51.7. The van der Waals surface area contributed by atoms with Gasteiger partial charge in [-0.2, -0.15) is 10.5 Å². The fraction of sp³-hybridized carbons (Fsp3) is 0.316. The van der Waals surface area contributed by atoms with Crippen molar-refractivity contribution in [1.29, 1.82) is 10.5 Å². The molecule has 0 saturated heterocycles. The number of halogens is 3. The number of nitrogens with two attached hydrogens (primary N) is 2. The molecule has 0 aliphatic carbocycles. The van der Waals surface area contributed by atoms with Crippen molar-refractivity contribution in [2.45, 2.75) is 224 Å². The van der Waals surface area contributed by atoms with Gasteiger partial charge in [0.1, 0.15) is 40.6 Å². The van der Waals surface area contributed by atoms with Crippen LogP contribution in [0.1, 0.15) is 274 Å². The topological polar surface area (TPSA) is 408 Å². The summed E-state index contributed by atoms with van der Waals surface area (Å²) in [6.07, 6.45) is -0.318. The Labute approximate surface area is 903 Å². The van der Waals surface area contributed by atoms with E-state index in [9.17, 15) is 68.8 Å². The number of nitrogens with zero attached hydrogens (tertiary/aromatic N) is 7. The summed E-state index contributed by atoms with van der Waals surface area (Å²) in [5.41, 5.74) is 31.4. The molecule has 0 bridgehead atoms. The Morgan fingerprint density at radius 1 is 0.365 bits per heavy atom. The molecule has 15 aromatic rings. The average molecular weight is 2100 g/mol. The van der Waals surface area contributed by atoms with E-state index in [0.29, 0.717) is 102 Å². The van der Waals surface area contributed by atoms with Crippen LogP contribution in [0.4, 0.5) is 0 Å². The molecular formula is C117H135Cl3N10NaO16P. The first-order chi connectivity index (χ1) is 68.5. The summed E-state index contributed by atoms with van der Waals surface area (Å²) < 4.78 is 33.5. The molecule has 0 radical (unpaired) electrons. The van der Waals surface area contributed by atoms with Gasteiger partial charge in [-0.15, -0.1) is 0 Å². The summed E-state index contributed by atoms with van der Waals surface area (Å²) in [7, 11) is 4.04. The number of aromatic carboxylic acids is 1. The fourth-order valence-electron chi connectivity index (χ4n) is 16.9. The number of esters is 3. The van der Waals surface area contributed by atoms with Crippen LogP contribution < -0.4 is 46.3 Å². The molecule has 0 aliphatic rings. The van der Waals surface area contributed by atoms with Crippen molar-refractivity contribution in [3.8, 4) is 12.1 Å². The third kappa shape index (κ3) is 34.4. The fourth-order valence-corrected chi connectivity index (χ4v) is 16.9. The van der Waals surface area contributed by atoms with Crippen LogP contribution in [0.15, 0.2) is 243 Å². The molecule has 2 amide bonds. The number of amides is 2. The van der Waals surface area contributed by atoms with E-state index in [1.807, 2.05) is 205 Å². The number of carboxylic acid groups (broad SMARTS) is 3. The van der Waals surface area contributed by atoms with E-state index in [4.69, 9.17) is 25.7 Å². The summed E-state index contributed by atoms with van der Waals surface area (Å²) in [4.78, 5) is 96.0. The zero-order chi connectivity index (χ0) is 107. The van der Waals surface area contributed by atoms with Gasteiger partial charge >= 0.3 is 70.6 Å². The Balaban J connectivity index is 0.000000275. The number of hydrogen-bond donors (Lipinski definition) is 6. The minimum atomic E-state index is -3.22. The van der Waals surface area contributed by atoms with Gasteiger partial charge in [-0.1, -0.05) is 289 Å². The number of nitrogens with one attached hydrogen (secondary N) is 1. The summed E-state index contributed by atoms with van der Waals surface area (Å²) in [6.45, 7) is 35.8. The van der Waals surface area contributed by atoms with Crippen LogP contribution in [0.5, 0.6) is 0 Å². The molecule has 26 nitrogen and oxygen atoms in total. The molecule has 0 spiro atoms. The maximum absolute atomic E-state index is 13.4. The number of nitriles is 2. The van der Waals surface area contributed by atoms with E-state index >= 15 is 0 Å². The quantitative estimate of drug-likeness (QED) is 0.0115. The van der Waals surface area contributed by atoms with Crippen LogP contribution in [-0.4, -0.2) is 124 Å². The molecule has 5 heterocycles. The van der Waals surface area contributed by atoms with Crippen LogP contribution in [0, 0.1) is 22.7 Å². The maximum Gasteiger partial charge on any atom is 1.00 e. The molecule has 0 saturated carbocycles. The van der Waals surface area contributed by atoms with Crippen LogP contribution in [-0.2, 0) is 108 Å². The first-order valence-corrected chi connectivity index (χ1v) is 52.1. The zero-order valence-electron chi connectivity index (χ0n) is 87.1. The number of fused-ring (bicyclic) bond motifs is 5. The van der Waals surface area contributed by atoms with E-state index in [1.54, 1.807) is 4.57 Å². The van der Waals surface area contributed by atoms with Gasteiger partial charge in [0.2, 0.25) is 0 Å². The summed E-state index contributed by atoms with van der Waals surface area (Å²) in [5.74, 6) is -2.65. The van der Waals surface area contributed by atoms with Crippen molar-refractivity contribution in [3.05, 3.63) is 355 Å². The molecule has 31 heteroatoms. The van der Waals surface area contributed by atoms with Gasteiger partial charge in [0.25, 0.3) is 11.8 Å². The second-order valence-corrected chi connectivity index (χ2v) is 45.5. The van der Waals surface area contributed by atoms with Gasteiger partial charge in [-0.25, -0.2) is 4.79 Å². The Morgan fingerprint density at radius 2 is 0.568 bits per heavy atom. The molecule has 0 aliphatic heterocycles. The smallest absolute Gasteiger partial charge is 0.870 e. The molecule has 5 aromatic heterocycles. The number of aliphatic carboxylic acids is 2. The number of rotatable bonds is 28. The Bertz CT molecular complexity index is 7240. The number of aromatic nitrogens is 5. The van der Waals surface area contributed by atoms with Gasteiger partial charge < -0.3 is 74.6 Å². The van der Waals surface area contributed by atoms with Crippen LogP contribution >= 0.6 is 38.9 Å². The van der Waals surface area contributed by atoms with Crippen LogP contribution in [0.2, 0.25) is 0 Å². The van der Waals surface area contributed by atoms with Gasteiger partial charge in [-0.05, 0) is 191 Å². The number of methoxy groups -OCH3 is 3. The largest absolute Gasteiger partial charge is 1.00 e. The molecular weight excluding hydrogens is 1960 g/mol. The molecule has 10 aromatic carbocycles. The van der Waals surface area contributed by atoms with E-state index in [-0.39, 0.29) is 109 Å². The second-order valence-electron chi connectivity index (χ2n) is 38.9. The van der Waals surface area contributed by atoms with Crippen molar-refractivity contribution in [2.24, 2.45) is 11.5 Å². The van der Waals surface area contributed by atoms with Gasteiger partial charge in [0.05, 0.1) is 53.4 Å². The molecule has 0 fully saturated rings. The number of carbonyl (C=O) groups is 8. The molecule has 9 N–H and O–H groups in total. The SMILES string of the molecule is C.CC(C)(C)N.CC(C)c1ccc(Cn2c(C#N)c(CC(=O)O)c3ccccc32)cc1.CC(C)c1ccc(Cn2c(C(N)=O)c(CC(=O)O)c3ccccc32)cc1.COC(=O)Cc1c(C#N)n(Cc2ccc(C(C)C)cc2)c2ccccc12.COC(=O)Cc1c(C(=O)NC(C)(C)C)n(Cc2ccc(C(C)C)cc2)c2ccccc12.COC(=O)Cc1c(C(=O)O)n(Cc2ccc(C(C)C)cc2)c2ccccc12.O=P(Cl)(Cl)Cl.[Na+].[OH-]. The van der Waals surface area contributed by atoms with Crippen molar-refractivity contribution < 1.29 is 107 Å². The number of carboxylic acids is 3. The van der Waals surface area contributed by atoms with Gasteiger partial charge in [0.15, 0.2) is 0 Å². The monoisotopic (exact) mass is 2090 g/mol. The molecule has 0 atom stereocenters. The summed E-state index contributed by atoms with van der Waals surface area (Å²) in [6, 6.07) is 84.3. The molecule has 148 heavy (non-hydrogen) atoms. The standard InChI is InChI=1S/C26H32N2O3.C22H22N2O2.C22H23NO4.C21H22N2O3.C21H20N2O2.C4H11N.CH4.Cl3OP.Na.H2O/c1-17(2)19-13-11-18(12-14-19)16-28-22-10-8-7-9-20(22)21(15-23(29)31-6)24(28)25(30)27-26(3,4)5;1-15(2)17-10-8-16(9-11-17)14-24-20-7-5-4-6-18(20)19(21(24)13-23)12-22(25)26-3;1-14(2)16-10-8-15(9-11-16)13-23-19-7-5-4-6-17(19)18(12-20(24)27-3)21(23)22(25)26;1-13(2)15-9-7-14(8-10-15)12-23-18-6-4-3-5-16(18)17(11-19(24)25)20(23)21(22)26;1-14(2)16-9-7-15(8-10-16)13-23-19-6-4-3-5-17(19)18(11-21(24)25)20(23)12-22;1-4(2,3)5;;1-5(2,3)4;;/h7-14,17H,15-16H2,1-6H3,(H,27,30);4-11,15H,12,14H2,1-3H3;4-11,14H,12-13H2,1-3H3,(H,25,26);3-10,13H,11-12H2,1-2H3,(H2,22,26)(H,24,25);3-10,14H,11,13H2,1-2H3,(H,24,25);5H2,1-3H3;1H4;;;1H2/q;;;;;;;;+1;/p-1. The predicted octanol–water partition coefficient (Wildman–Crippen LogP) is 22.6. The maximum atomic E-state index is 13.4. The normalized spacial score (nSPS) is 11.0. The van der Waals surface area contributed by atoms with E-state index in [2.05, 4.69) is 217 Å². The second kappa shape index (κ2) is 56.2. The Hall–Kier alpha value is -13.3. The zero-order valence-corrected chi connectivity index (χ0v) is 92.3. The van der Waals surface area contributed by atoms with Gasteiger partial charge in [-0.3, -0.25) is 38.1 Å². The van der Waals surface area contributed by atoms with Crippen molar-refractivity contribution in [2.75, 3.05) is 21.3 Å². The van der Waals surface area contributed by atoms with Crippen LogP contribution in [0.3, 0.4) is 0 Å². The minimum absolute atomic E-state index is 0. The first-order valence-electron chi connectivity index (χ1n) is 47.7. The third-order valence-electron chi connectivity index (χ3n) is 24.0. The van der Waals surface area contributed by atoms with Crippen LogP contribution in [0.25, 0.3) is 54.5 Å². The van der Waals surface area contributed by atoms with E-state index in [1.165, 1.54) is 49.1 Å². The molecule has 0 unspecified atom stereocenters. The average Bonchev–Trinajstić information content (AvgIpc) is 1.60. The number of ether oxygens (including phenoxy) is 3.